The van der Waals surface area contributed by atoms with E-state index < -0.39 is 0 Å². The third-order valence-corrected chi connectivity index (χ3v) is 13.4. The smallest absolute Gasteiger partial charge is 0.160 e. The maximum atomic E-state index is 6.91. The highest BCUT2D eigenvalue weighted by molar-refractivity contribution is 6.17. The van der Waals surface area contributed by atoms with Crippen LogP contribution in [0.2, 0.25) is 0 Å². The number of para-hydroxylation sites is 3. The van der Waals surface area contributed by atoms with Crippen LogP contribution in [0.15, 0.2) is 259 Å². The molecule has 0 aliphatic carbocycles. The van der Waals surface area contributed by atoms with Gasteiger partial charge >= 0.3 is 0 Å². The maximum Gasteiger partial charge on any atom is 0.160 e. The summed E-state index contributed by atoms with van der Waals surface area (Å²) in [5, 5.41) is 7.19. The van der Waals surface area contributed by atoms with Crippen molar-refractivity contribution in [3.05, 3.63) is 255 Å². The number of rotatable bonds is 8. The second-order valence-electron chi connectivity index (χ2n) is 17.2. The van der Waals surface area contributed by atoms with Gasteiger partial charge in [0.15, 0.2) is 5.58 Å². The predicted octanol–water partition coefficient (Wildman–Crippen LogP) is 18.0. The van der Waals surface area contributed by atoms with E-state index in [4.69, 9.17) is 4.42 Å². The van der Waals surface area contributed by atoms with Gasteiger partial charge in [0.1, 0.15) is 5.58 Å². The number of benzene rings is 11. The molecule has 3 heteroatoms. The van der Waals surface area contributed by atoms with Crippen LogP contribution in [0.25, 0.3) is 105 Å². The Balaban J connectivity index is 0.936. The number of nitrogens with zero attached hydrogens (tertiary/aromatic N) is 2. The minimum absolute atomic E-state index is 0.845. The minimum atomic E-state index is 0.845. The molecule has 13 rings (SSSR count). The summed E-state index contributed by atoms with van der Waals surface area (Å²) in [6.07, 6.45) is 0. The normalized spacial score (nSPS) is 11.6. The number of hydrogen-bond donors (Lipinski definition) is 0. The van der Waals surface area contributed by atoms with Crippen LogP contribution in [0.1, 0.15) is 0 Å². The summed E-state index contributed by atoms with van der Waals surface area (Å²) in [7, 11) is 0. The van der Waals surface area contributed by atoms with E-state index in [1.165, 1.54) is 49.3 Å². The molecule has 0 unspecified atom stereocenters. The number of hydrogen-bond acceptors (Lipinski definition) is 2. The Labute approximate surface area is 388 Å². The molecular weight excluding hydrogens is 813 g/mol. The lowest BCUT2D eigenvalue weighted by atomic mass is 9.91. The Morgan fingerprint density at radius 2 is 0.776 bits per heavy atom. The van der Waals surface area contributed by atoms with E-state index in [0.717, 1.165) is 72.5 Å². The molecule has 2 heterocycles. The monoisotopic (exact) mass is 854 g/mol. The van der Waals surface area contributed by atoms with Gasteiger partial charge in [0.25, 0.3) is 0 Å². The molecule has 2 aromatic heterocycles. The molecule has 67 heavy (non-hydrogen) atoms. The van der Waals surface area contributed by atoms with Gasteiger partial charge < -0.3 is 13.9 Å². The molecule has 0 saturated heterocycles. The van der Waals surface area contributed by atoms with Gasteiger partial charge in [-0.3, -0.25) is 0 Å². The van der Waals surface area contributed by atoms with Crippen LogP contribution in [0.5, 0.6) is 0 Å². The van der Waals surface area contributed by atoms with Crippen molar-refractivity contribution < 1.29 is 4.42 Å². The molecule has 0 amide bonds. The van der Waals surface area contributed by atoms with Gasteiger partial charge in [-0.15, -0.1) is 0 Å². The first-order chi connectivity index (χ1) is 33.2. The number of furan rings is 1. The highest BCUT2D eigenvalue weighted by atomic mass is 16.3. The van der Waals surface area contributed by atoms with Crippen molar-refractivity contribution >= 4 is 71.6 Å². The van der Waals surface area contributed by atoms with Gasteiger partial charge in [-0.05, 0) is 116 Å². The molecule has 3 nitrogen and oxygen atoms in total. The van der Waals surface area contributed by atoms with Crippen molar-refractivity contribution in [1.29, 1.82) is 0 Å². The van der Waals surface area contributed by atoms with E-state index in [0.29, 0.717) is 0 Å². The van der Waals surface area contributed by atoms with Gasteiger partial charge in [0, 0.05) is 38.6 Å². The van der Waals surface area contributed by atoms with Gasteiger partial charge in [0.05, 0.1) is 16.7 Å². The first-order valence-electron chi connectivity index (χ1n) is 22.9. The summed E-state index contributed by atoms with van der Waals surface area (Å²) < 4.78 is 9.28. The third kappa shape index (κ3) is 6.51. The molecule has 0 saturated carbocycles. The Bertz CT molecular complexity index is 3880. The highest BCUT2D eigenvalue weighted by Gasteiger charge is 2.23. The molecule has 13 aromatic rings. The molecule has 0 spiro atoms. The molecule has 0 radical (unpaired) electrons. The molecule has 0 N–H and O–H groups in total. The Morgan fingerprint density at radius 3 is 1.36 bits per heavy atom. The zero-order chi connectivity index (χ0) is 44.3. The van der Waals surface area contributed by atoms with Crippen molar-refractivity contribution in [2.45, 2.75) is 0 Å². The Kier molecular flexibility index (Phi) is 9.17. The Morgan fingerprint density at radius 1 is 0.313 bits per heavy atom. The van der Waals surface area contributed by atoms with Crippen molar-refractivity contribution in [2.75, 3.05) is 4.90 Å². The summed E-state index contributed by atoms with van der Waals surface area (Å²) in [6, 6.07) is 91.7. The molecule has 11 aromatic carbocycles. The maximum absolute atomic E-state index is 6.91. The summed E-state index contributed by atoms with van der Waals surface area (Å²) in [4.78, 5) is 2.34. The minimum Gasteiger partial charge on any atom is -0.454 e. The van der Waals surface area contributed by atoms with Crippen LogP contribution < -0.4 is 4.90 Å². The Hall–Kier alpha value is -8.92. The van der Waals surface area contributed by atoms with E-state index in [-0.39, 0.29) is 0 Å². The first kappa shape index (κ1) is 38.5. The SMILES string of the molecule is c1ccc(-c2cccc3cccc(-c4ccc(N(c5ccc(-c6ccc(-n7c8ccccc8c8ccccc87)cc6)cc5)c5ccc(-c6ccccc6)c6c5oc5ccccc56)cc4)c23)cc1. The topological polar surface area (TPSA) is 21.3 Å². The van der Waals surface area contributed by atoms with Crippen molar-refractivity contribution in [3.8, 4) is 50.2 Å². The fourth-order valence-electron chi connectivity index (χ4n) is 10.3. The second-order valence-corrected chi connectivity index (χ2v) is 17.2. The van der Waals surface area contributed by atoms with Gasteiger partial charge in [0.2, 0.25) is 0 Å². The molecule has 314 valence electrons. The average molecular weight is 855 g/mol. The zero-order valence-corrected chi connectivity index (χ0v) is 36.6. The quantitative estimate of drug-likeness (QED) is 0.152. The summed E-state index contributed by atoms with van der Waals surface area (Å²) in [5.74, 6) is 0. The van der Waals surface area contributed by atoms with Crippen molar-refractivity contribution in [1.82, 2.24) is 4.57 Å². The summed E-state index contributed by atoms with van der Waals surface area (Å²) in [5.41, 5.74) is 17.7. The van der Waals surface area contributed by atoms with Crippen molar-refractivity contribution in [2.24, 2.45) is 0 Å². The largest absolute Gasteiger partial charge is 0.454 e. The van der Waals surface area contributed by atoms with Gasteiger partial charge in [-0.2, -0.15) is 0 Å². The first-order valence-corrected chi connectivity index (χ1v) is 22.9. The average Bonchev–Trinajstić information content (AvgIpc) is 3.96. The second kappa shape index (κ2) is 16.0. The highest BCUT2D eigenvalue weighted by Crippen LogP contribution is 2.47. The van der Waals surface area contributed by atoms with Crippen LogP contribution in [0, 0.1) is 0 Å². The lowest BCUT2D eigenvalue weighted by molar-refractivity contribution is 0.669. The van der Waals surface area contributed by atoms with Gasteiger partial charge in [-0.25, -0.2) is 0 Å². The fourth-order valence-corrected chi connectivity index (χ4v) is 10.3. The van der Waals surface area contributed by atoms with E-state index in [1.807, 2.05) is 6.07 Å². The van der Waals surface area contributed by atoms with E-state index in [1.54, 1.807) is 0 Å². The van der Waals surface area contributed by atoms with E-state index in [2.05, 4.69) is 258 Å². The lowest BCUT2D eigenvalue weighted by Gasteiger charge is -2.26. The van der Waals surface area contributed by atoms with Gasteiger partial charge in [-0.1, -0.05) is 194 Å². The molecular formula is C64H42N2O. The van der Waals surface area contributed by atoms with E-state index in [9.17, 15) is 0 Å². The number of aromatic nitrogens is 1. The summed E-state index contributed by atoms with van der Waals surface area (Å²) in [6.45, 7) is 0. The molecule has 0 aliphatic rings. The zero-order valence-electron chi connectivity index (χ0n) is 36.6. The van der Waals surface area contributed by atoms with Crippen LogP contribution in [-0.4, -0.2) is 4.57 Å². The van der Waals surface area contributed by atoms with Crippen LogP contribution in [0.4, 0.5) is 17.1 Å². The van der Waals surface area contributed by atoms with Crippen LogP contribution in [-0.2, 0) is 0 Å². The molecule has 0 atom stereocenters. The van der Waals surface area contributed by atoms with Crippen LogP contribution >= 0.6 is 0 Å². The van der Waals surface area contributed by atoms with E-state index >= 15 is 0 Å². The number of fused-ring (bicyclic) bond motifs is 7. The predicted molar refractivity (Wildman–Crippen MR) is 282 cm³/mol. The third-order valence-electron chi connectivity index (χ3n) is 13.4. The lowest BCUT2D eigenvalue weighted by Crippen LogP contribution is -2.10. The molecule has 0 fully saturated rings. The number of anilines is 3. The fraction of sp³-hybridized carbons (Fsp3) is 0. The standard InChI is InChI=1S/C64H42N2O/c1-3-15-45(16-4-1)52-24-13-19-48-20-14-25-53(62(48)52)47-33-39-50(40-34-47)65(60-42-41-54(46-17-5-2-6-18-46)63-57-23-9-12-28-61(57)67-64(60)63)49-35-29-43(30-36-49)44-31-37-51(38-32-44)66-58-26-10-7-21-55(58)56-22-8-11-27-59(56)66/h1-42H. The molecule has 0 bridgehead atoms. The van der Waals surface area contributed by atoms with Crippen LogP contribution in [0.3, 0.4) is 0 Å². The summed E-state index contributed by atoms with van der Waals surface area (Å²) >= 11 is 0. The van der Waals surface area contributed by atoms with Crippen molar-refractivity contribution in [3.63, 3.8) is 0 Å². The molecule has 0 aliphatic heterocycles.